The standard InChI is InChI=1S/C60H88N2O8SSi/c1-17-36-67-54(64)43(3)39-49(41-71-60(46-28-21-18-22-29-46,47-30-23-19-24-31-47)48-32-25-20-26-33-48)61-53(63)45(5)52(70-72(15,16)59(12,13)14)38-42(2)37-51(44(4)40-57(6,7)8)68-55(65)50-34-27-35-62(50)56(66)69-58(9,10)11/h17-26,28-33,39,42,44-45,49-52H,1,27,34-38,40-41H2,2-16H3,(H,61,63)/b43-39+/t42-,44+,45+,49+,50+,51+,52+/m1/s1. The molecule has 0 unspecified atom stereocenters. The summed E-state index contributed by atoms with van der Waals surface area (Å²) in [6.45, 7) is 35.2. The van der Waals surface area contributed by atoms with Crippen LogP contribution in [0.2, 0.25) is 18.1 Å². The van der Waals surface area contributed by atoms with Crippen molar-refractivity contribution in [2.75, 3.05) is 18.9 Å². The van der Waals surface area contributed by atoms with E-state index in [2.05, 4.69) is 117 Å². The zero-order chi connectivity index (χ0) is 53.7. The first-order chi connectivity index (χ1) is 33.6. The molecule has 72 heavy (non-hydrogen) atoms. The van der Waals surface area contributed by atoms with Gasteiger partial charge in [-0.15, -0.1) is 11.8 Å². The molecular formula is C60H88N2O8SSi. The van der Waals surface area contributed by atoms with Gasteiger partial charge in [0.25, 0.3) is 0 Å². The van der Waals surface area contributed by atoms with Crippen molar-refractivity contribution in [3.05, 3.63) is 132 Å². The van der Waals surface area contributed by atoms with Crippen LogP contribution in [0, 0.1) is 23.2 Å². The zero-order valence-corrected chi connectivity index (χ0v) is 48.2. The number of amides is 2. The highest BCUT2D eigenvalue weighted by atomic mass is 32.2. The van der Waals surface area contributed by atoms with Crippen LogP contribution in [0.15, 0.2) is 115 Å². The van der Waals surface area contributed by atoms with Gasteiger partial charge in [0.15, 0.2) is 8.32 Å². The first-order valence-electron chi connectivity index (χ1n) is 26.0. The van der Waals surface area contributed by atoms with Crippen molar-refractivity contribution in [1.82, 2.24) is 10.2 Å². The number of nitrogens with zero attached hydrogens (tertiary/aromatic N) is 1. The molecule has 0 aliphatic carbocycles. The second kappa shape index (κ2) is 26.0. The van der Waals surface area contributed by atoms with Crippen LogP contribution in [-0.2, 0) is 37.8 Å². The Morgan fingerprint density at radius 3 is 1.79 bits per heavy atom. The number of thioether (sulfide) groups is 1. The van der Waals surface area contributed by atoms with Crippen molar-refractivity contribution in [2.24, 2.45) is 23.2 Å². The molecule has 1 heterocycles. The Morgan fingerprint density at radius 2 is 1.32 bits per heavy atom. The molecule has 1 fully saturated rings. The van der Waals surface area contributed by atoms with Crippen molar-refractivity contribution in [1.29, 1.82) is 0 Å². The number of carbonyl (C=O) groups is 4. The summed E-state index contributed by atoms with van der Waals surface area (Å²) < 4.78 is 24.3. The smallest absolute Gasteiger partial charge is 0.411 e. The van der Waals surface area contributed by atoms with E-state index in [0.29, 0.717) is 43.6 Å². The van der Waals surface area contributed by atoms with E-state index in [1.807, 2.05) is 88.4 Å². The molecule has 10 nitrogen and oxygen atoms in total. The topological polar surface area (TPSA) is 120 Å². The number of rotatable bonds is 23. The summed E-state index contributed by atoms with van der Waals surface area (Å²) in [6.07, 6.45) is 5.00. The third kappa shape index (κ3) is 17.2. The molecule has 396 valence electrons. The zero-order valence-electron chi connectivity index (χ0n) is 46.3. The lowest BCUT2D eigenvalue weighted by molar-refractivity contribution is -0.158. The van der Waals surface area contributed by atoms with Crippen molar-refractivity contribution in [3.63, 3.8) is 0 Å². The van der Waals surface area contributed by atoms with Gasteiger partial charge in [0.05, 0.1) is 22.8 Å². The first-order valence-corrected chi connectivity index (χ1v) is 29.9. The van der Waals surface area contributed by atoms with Crippen molar-refractivity contribution in [2.45, 2.75) is 175 Å². The van der Waals surface area contributed by atoms with Gasteiger partial charge in [0.1, 0.15) is 24.4 Å². The van der Waals surface area contributed by atoms with Crippen molar-refractivity contribution in [3.8, 4) is 0 Å². The Hall–Kier alpha value is -4.65. The van der Waals surface area contributed by atoms with Gasteiger partial charge in [-0.3, -0.25) is 9.69 Å². The maximum atomic E-state index is 15.1. The van der Waals surface area contributed by atoms with E-state index < -0.39 is 66.9 Å². The van der Waals surface area contributed by atoms with E-state index >= 15 is 4.79 Å². The molecule has 3 aromatic rings. The van der Waals surface area contributed by atoms with Crippen LogP contribution in [0.5, 0.6) is 0 Å². The minimum absolute atomic E-state index is 0.00879. The molecule has 2 amide bonds. The van der Waals surface area contributed by atoms with Crippen LogP contribution < -0.4 is 5.32 Å². The van der Waals surface area contributed by atoms with E-state index in [1.165, 1.54) is 11.0 Å². The van der Waals surface area contributed by atoms with Crippen molar-refractivity contribution < 1.29 is 37.8 Å². The fraction of sp³-hybridized carbons (Fsp3) is 0.567. The average molecular weight is 1030 g/mol. The molecule has 4 rings (SSSR count). The minimum atomic E-state index is -2.46. The van der Waals surface area contributed by atoms with Gasteiger partial charge in [0.2, 0.25) is 5.91 Å². The highest BCUT2D eigenvalue weighted by molar-refractivity contribution is 8.00. The largest absolute Gasteiger partial charge is 0.461 e. The molecule has 0 aromatic heterocycles. The van der Waals surface area contributed by atoms with Crippen molar-refractivity contribution >= 4 is 44.0 Å². The number of likely N-dealkylation sites (tertiary alicyclic amines) is 1. The number of benzene rings is 3. The van der Waals surface area contributed by atoms with E-state index in [-0.39, 0.29) is 34.8 Å². The summed E-state index contributed by atoms with van der Waals surface area (Å²) in [6, 6.07) is 29.9. The van der Waals surface area contributed by atoms with E-state index in [9.17, 15) is 14.4 Å². The lowest BCUT2D eigenvalue weighted by atomic mass is 9.80. The molecule has 7 atom stereocenters. The molecule has 3 aromatic carbocycles. The molecule has 0 bridgehead atoms. The first kappa shape index (κ1) is 59.9. The maximum Gasteiger partial charge on any atom is 0.411 e. The molecule has 1 aliphatic rings. The highest BCUT2D eigenvalue weighted by Crippen LogP contribution is 2.49. The van der Waals surface area contributed by atoms with Crippen LogP contribution in [0.3, 0.4) is 0 Å². The van der Waals surface area contributed by atoms with Crippen LogP contribution >= 0.6 is 11.8 Å². The van der Waals surface area contributed by atoms with Crippen LogP contribution in [0.1, 0.15) is 139 Å². The van der Waals surface area contributed by atoms with Gasteiger partial charge in [0, 0.05) is 17.9 Å². The predicted molar refractivity (Wildman–Crippen MR) is 297 cm³/mol. The lowest BCUT2D eigenvalue weighted by Gasteiger charge is -2.42. The number of ether oxygens (including phenoxy) is 3. The third-order valence-electron chi connectivity index (χ3n) is 13.9. The van der Waals surface area contributed by atoms with Gasteiger partial charge in [-0.05, 0) is 112 Å². The predicted octanol–water partition coefficient (Wildman–Crippen LogP) is 13.7. The molecule has 0 spiro atoms. The molecular weight excluding hydrogens is 937 g/mol. The van der Waals surface area contributed by atoms with Gasteiger partial charge < -0.3 is 24.0 Å². The summed E-state index contributed by atoms with van der Waals surface area (Å²) >= 11 is 1.70. The SMILES string of the molecule is C=CCOC(=O)/C(C)=C/[C@@H](CSC(c1ccccc1)(c1ccccc1)c1ccccc1)NC(=O)[C@@H](C)[C@H](C[C@H](C)C[C@H](OC(=O)[C@@H]1CCCN1C(=O)OC(C)(C)C)[C@@H](C)CC(C)(C)C)O[Si](C)(C)C(C)(C)C. The van der Waals surface area contributed by atoms with Crippen LogP contribution in [0.25, 0.3) is 0 Å². The summed E-state index contributed by atoms with van der Waals surface area (Å²) in [5.41, 5.74) is 2.89. The van der Waals surface area contributed by atoms with Gasteiger partial charge in [-0.25, -0.2) is 14.4 Å². The fourth-order valence-corrected chi connectivity index (χ4v) is 12.2. The second-order valence-corrected chi connectivity index (χ2v) is 29.8. The molecule has 1 aliphatic heterocycles. The van der Waals surface area contributed by atoms with E-state index in [4.69, 9.17) is 18.6 Å². The Labute approximate surface area is 439 Å². The summed E-state index contributed by atoms with van der Waals surface area (Å²) in [4.78, 5) is 57.3. The van der Waals surface area contributed by atoms with Crippen LogP contribution in [-0.4, -0.2) is 86.0 Å². The molecule has 0 saturated carbocycles. The number of carbonyl (C=O) groups excluding carboxylic acids is 4. The summed E-state index contributed by atoms with van der Waals surface area (Å²) in [5, 5.41) is 3.25. The molecule has 1 N–H and O–H groups in total. The summed E-state index contributed by atoms with van der Waals surface area (Å²) in [5.74, 6) is -1.31. The average Bonchev–Trinajstić information content (AvgIpc) is 3.81. The third-order valence-corrected chi connectivity index (χ3v) is 20.1. The minimum Gasteiger partial charge on any atom is -0.461 e. The number of esters is 2. The quantitative estimate of drug-likeness (QED) is 0.0247. The maximum absolute atomic E-state index is 15.1. The molecule has 0 radical (unpaired) electrons. The Kier molecular flexibility index (Phi) is 21.6. The Morgan fingerprint density at radius 1 is 0.806 bits per heavy atom. The lowest BCUT2D eigenvalue weighted by Crippen LogP contribution is -2.50. The van der Waals surface area contributed by atoms with Gasteiger partial charge >= 0.3 is 18.0 Å². The normalized spacial score (nSPS) is 17.5. The van der Waals surface area contributed by atoms with Crippen LogP contribution in [0.4, 0.5) is 4.79 Å². The Bertz CT molecular complexity index is 2150. The Balaban J connectivity index is 1.71. The van der Waals surface area contributed by atoms with Gasteiger partial charge in [-0.2, -0.15) is 0 Å². The number of nitrogens with one attached hydrogen (secondary N) is 1. The monoisotopic (exact) mass is 1020 g/mol. The van der Waals surface area contributed by atoms with E-state index in [1.54, 1.807) is 18.7 Å². The molecule has 1 saturated heterocycles. The summed E-state index contributed by atoms with van der Waals surface area (Å²) in [7, 11) is -2.46. The van der Waals surface area contributed by atoms with Gasteiger partial charge in [-0.1, -0.05) is 172 Å². The number of hydrogen-bond donors (Lipinski definition) is 1. The van der Waals surface area contributed by atoms with E-state index in [0.717, 1.165) is 23.1 Å². The number of hydrogen-bond acceptors (Lipinski definition) is 9. The molecule has 12 heteroatoms. The highest BCUT2D eigenvalue weighted by Gasteiger charge is 2.44. The second-order valence-electron chi connectivity index (χ2n) is 23.8. The fourth-order valence-electron chi connectivity index (χ4n) is 9.29.